The molecule has 0 atom stereocenters. The van der Waals surface area contributed by atoms with Gasteiger partial charge in [0.05, 0.1) is 0 Å². The first-order valence-corrected chi connectivity index (χ1v) is 9.79. The van der Waals surface area contributed by atoms with E-state index in [4.69, 9.17) is 15.2 Å². The summed E-state index contributed by atoms with van der Waals surface area (Å²) < 4.78 is 10.4. The molecule has 0 rings (SSSR count). The zero-order valence-corrected chi connectivity index (χ0v) is 18.0. The Morgan fingerprint density at radius 3 is 1.67 bits per heavy atom. The summed E-state index contributed by atoms with van der Waals surface area (Å²) in [6.07, 6.45) is 1.89. The van der Waals surface area contributed by atoms with Crippen molar-refractivity contribution in [3.63, 3.8) is 0 Å². The topological polar surface area (TPSA) is 106 Å². The molecule has 0 saturated heterocycles. The molecule has 0 aliphatic rings. The maximum absolute atomic E-state index is 11.6. The van der Waals surface area contributed by atoms with E-state index in [2.05, 4.69) is 15.5 Å². The molecule has 2 amide bonds. The highest BCUT2D eigenvalue weighted by Gasteiger charge is 2.16. The molecule has 0 aromatic carbocycles. The predicted molar refractivity (Wildman–Crippen MR) is 108 cm³/mol. The molecule has 0 unspecified atom stereocenters. The number of unbranched alkanes of at least 4 members (excludes halogenated alkanes) is 1. The minimum absolute atomic E-state index is 0.380. The number of hydrogen-bond donors (Lipinski definition) is 3. The number of nitrogens with one attached hydrogen (secondary N) is 2. The quantitative estimate of drug-likeness (QED) is 0.470. The molecular formula is C19H40N4O4. The first-order valence-electron chi connectivity index (χ1n) is 9.79. The van der Waals surface area contributed by atoms with Crippen LogP contribution in [0.2, 0.25) is 0 Å². The van der Waals surface area contributed by atoms with E-state index in [9.17, 15) is 9.59 Å². The average molecular weight is 389 g/mol. The normalized spacial score (nSPS) is 12.0. The smallest absolute Gasteiger partial charge is 0.407 e. The third-order valence-electron chi connectivity index (χ3n) is 3.33. The van der Waals surface area contributed by atoms with Crippen LogP contribution in [-0.2, 0) is 9.47 Å². The van der Waals surface area contributed by atoms with Gasteiger partial charge in [0.15, 0.2) is 0 Å². The number of rotatable bonds is 11. The highest BCUT2D eigenvalue weighted by molar-refractivity contribution is 5.67. The van der Waals surface area contributed by atoms with Crippen molar-refractivity contribution in [2.24, 2.45) is 5.73 Å². The monoisotopic (exact) mass is 388 g/mol. The molecule has 0 saturated carbocycles. The second-order valence-electron chi connectivity index (χ2n) is 8.55. The summed E-state index contributed by atoms with van der Waals surface area (Å²) in [5.41, 5.74) is 4.72. The predicted octanol–water partition coefficient (Wildman–Crippen LogP) is 2.47. The van der Waals surface area contributed by atoms with Crippen LogP contribution in [0.1, 0.15) is 60.8 Å². The Labute approximate surface area is 164 Å². The number of carbonyl (C=O) groups is 2. The average Bonchev–Trinajstić information content (AvgIpc) is 2.47. The van der Waals surface area contributed by atoms with Crippen molar-refractivity contribution in [2.75, 3.05) is 39.3 Å². The molecule has 0 aliphatic heterocycles. The third kappa shape index (κ3) is 17.6. The lowest BCUT2D eigenvalue weighted by Crippen LogP contribution is -2.36. The third-order valence-corrected chi connectivity index (χ3v) is 3.33. The van der Waals surface area contributed by atoms with Crippen LogP contribution in [0.3, 0.4) is 0 Å². The summed E-state index contributed by atoms with van der Waals surface area (Å²) in [6.45, 7) is 15.4. The van der Waals surface area contributed by atoms with E-state index in [0.717, 1.165) is 38.9 Å². The van der Waals surface area contributed by atoms with E-state index in [1.54, 1.807) is 0 Å². The zero-order valence-electron chi connectivity index (χ0n) is 18.0. The molecule has 0 fully saturated rings. The standard InChI is InChI=1S/C19H40N4O4/c1-18(2,3)26-16(24)21-11-7-8-13-23(15-10-20)14-9-12-22-17(25)27-19(4,5)6/h7-15,20H2,1-6H3,(H,21,24)(H,22,25). The van der Waals surface area contributed by atoms with Crippen molar-refractivity contribution >= 4 is 12.2 Å². The van der Waals surface area contributed by atoms with Crippen LogP contribution in [0.15, 0.2) is 0 Å². The van der Waals surface area contributed by atoms with Gasteiger partial charge in [0, 0.05) is 26.2 Å². The van der Waals surface area contributed by atoms with Gasteiger partial charge >= 0.3 is 12.2 Å². The first kappa shape index (κ1) is 25.5. The molecule has 160 valence electrons. The lowest BCUT2D eigenvalue weighted by atomic mass is 10.2. The molecule has 0 bridgehead atoms. The Kier molecular flexibility index (Phi) is 12.0. The molecule has 0 aliphatic carbocycles. The molecule has 0 aromatic rings. The van der Waals surface area contributed by atoms with Gasteiger partial charge in [0.2, 0.25) is 0 Å². The molecule has 0 aromatic heterocycles. The van der Waals surface area contributed by atoms with E-state index in [1.165, 1.54) is 0 Å². The lowest BCUT2D eigenvalue weighted by molar-refractivity contribution is 0.0513. The summed E-state index contributed by atoms with van der Waals surface area (Å²) in [7, 11) is 0. The van der Waals surface area contributed by atoms with Crippen LogP contribution in [0.4, 0.5) is 9.59 Å². The summed E-state index contributed by atoms with van der Waals surface area (Å²) in [5.74, 6) is 0. The molecule has 4 N–H and O–H groups in total. The number of nitrogens with zero attached hydrogens (tertiary/aromatic N) is 1. The number of carbonyl (C=O) groups excluding carboxylic acids is 2. The number of hydrogen-bond acceptors (Lipinski definition) is 6. The highest BCUT2D eigenvalue weighted by atomic mass is 16.6. The first-order chi connectivity index (χ1) is 12.4. The van der Waals surface area contributed by atoms with Crippen molar-refractivity contribution in [1.82, 2.24) is 15.5 Å². The van der Waals surface area contributed by atoms with Crippen molar-refractivity contribution < 1.29 is 19.1 Å². The molecule has 0 radical (unpaired) electrons. The van der Waals surface area contributed by atoms with E-state index in [1.807, 2.05) is 41.5 Å². The second-order valence-corrected chi connectivity index (χ2v) is 8.55. The van der Waals surface area contributed by atoms with Crippen molar-refractivity contribution in [2.45, 2.75) is 72.0 Å². The summed E-state index contributed by atoms with van der Waals surface area (Å²) in [4.78, 5) is 25.4. The number of ether oxygens (including phenoxy) is 2. The van der Waals surface area contributed by atoms with Crippen LogP contribution in [-0.4, -0.2) is 67.6 Å². The minimum atomic E-state index is -0.483. The van der Waals surface area contributed by atoms with Gasteiger partial charge in [-0.15, -0.1) is 0 Å². The Balaban J connectivity index is 3.88. The van der Waals surface area contributed by atoms with Crippen molar-refractivity contribution in [3.8, 4) is 0 Å². The maximum Gasteiger partial charge on any atom is 0.407 e. The maximum atomic E-state index is 11.6. The van der Waals surface area contributed by atoms with Crippen LogP contribution in [0.5, 0.6) is 0 Å². The Bertz CT molecular complexity index is 430. The Morgan fingerprint density at radius 2 is 1.22 bits per heavy atom. The van der Waals surface area contributed by atoms with Crippen LogP contribution in [0, 0.1) is 0 Å². The van der Waals surface area contributed by atoms with Gasteiger partial charge in [-0.1, -0.05) is 0 Å². The van der Waals surface area contributed by atoms with Crippen LogP contribution >= 0.6 is 0 Å². The van der Waals surface area contributed by atoms with Gasteiger partial charge in [-0.05, 0) is 73.9 Å². The van der Waals surface area contributed by atoms with E-state index >= 15 is 0 Å². The van der Waals surface area contributed by atoms with Gasteiger partial charge in [-0.2, -0.15) is 0 Å². The van der Waals surface area contributed by atoms with Gasteiger partial charge in [-0.25, -0.2) is 9.59 Å². The fraction of sp³-hybridized carbons (Fsp3) is 0.895. The molecule has 8 heteroatoms. The Hall–Kier alpha value is -1.54. The fourth-order valence-electron chi connectivity index (χ4n) is 2.29. The van der Waals surface area contributed by atoms with Crippen molar-refractivity contribution in [3.05, 3.63) is 0 Å². The number of amides is 2. The van der Waals surface area contributed by atoms with E-state index < -0.39 is 11.2 Å². The fourth-order valence-corrected chi connectivity index (χ4v) is 2.29. The number of alkyl carbamates (subject to hydrolysis) is 2. The lowest BCUT2D eigenvalue weighted by Gasteiger charge is -2.23. The summed E-state index contributed by atoms with van der Waals surface area (Å²) >= 11 is 0. The number of nitrogens with two attached hydrogens (primary N) is 1. The SMILES string of the molecule is CC(C)(C)OC(=O)NCCCCN(CCN)CCCNC(=O)OC(C)(C)C. The van der Waals surface area contributed by atoms with Crippen LogP contribution < -0.4 is 16.4 Å². The largest absolute Gasteiger partial charge is 0.444 e. The molecule has 0 spiro atoms. The molecule has 0 heterocycles. The summed E-state index contributed by atoms with van der Waals surface area (Å²) in [6, 6.07) is 0. The van der Waals surface area contributed by atoms with Gasteiger partial charge in [-0.3, -0.25) is 0 Å². The van der Waals surface area contributed by atoms with Gasteiger partial charge in [0.25, 0.3) is 0 Å². The van der Waals surface area contributed by atoms with E-state index in [0.29, 0.717) is 19.6 Å². The van der Waals surface area contributed by atoms with Gasteiger partial charge in [0.1, 0.15) is 11.2 Å². The zero-order chi connectivity index (χ0) is 20.9. The second kappa shape index (κ2) is 12.8. The van der Waals surface area contributed by atoms with Crippen molar-refractivity contribution in [1.29, 1.82) is 0 Å². The van der Waals surface area contributed by atoms with Gasteiger partial charge < -0.3 is 30.7 Å². The molecular weight excluding hydrogens is 348 g/mol. The molecule has 27 heavy (non-hydrogen) atoms. The van der Waals surface area contributed by atoms with E-state index in [-0.39, 0.29) is 12.2 Å². The highest BCUT2D eigenvalue weighted by Crippen LogP contribution is 2.07. The minimum Gasteiger partial charge on any atom is -0.444 e. The summed E-state index contributed by atoms with van der Waals surface area (Å²) in [5, 5.41) is 5.53. The Morgan fingerprint density at radius 1 is 0.778 bits per heavy atom. The molecule has 8 nitrogen and oxygen atoms in total. The van der Waals surface area contributed by atoms with Crippen LogP contribution in [0.25, 0.3) is 0 Å².